The smallest absolute Gasteiger partial charge is 0.328 e. The van der Waals surface area contributed by atoms with Crippen LogP contribution in [0.15, 0.2) is 60.7 Å². The molecule has 0 aliphatic heterocycles. The number of carboxylic acids is 1. The third-order valence-electron chi connectivity index (χ3n) is 3.03. The van der Waals surface area contributed by atoms with Crippen LogP contribution in [0, 0.1) is 0 Å². The zero-order valence-corrected chi connectivity index (χ0v) is 13.3. The Morgan fingerprint density at radius 2 is 1.79 bits per heavy atom. The number of hydrogen-bond acceptors (Lipinski definition) is 4. The highest BCUT2D eigenvalue weighted by Gasteiger charge is 2.13. The average Bonchev–Trinajstić information content (AvgIpc) is 2.59. The number of carboxylic acid groups (broad SMARTS) is 1. The van der Waals surface area contributed by atoms with Gasteiger partial charge in [0.25, 0.3) is 0 Å². The van der Waals surface area contributed by atoms with E-state index in [2.05, 4.69) is 0 Å². The molecule has 0 saturated heterocycles. The maximum atomic E-state index is 12.3. The van der Waals surface area contributed by atoms with Gasteiger partial charge in [0.1, 0.15) is 17.2 Å². The van der Waals surface area contributed by atoms with Gasteiger partial charge in [-0.3, -0.25) is 4.79 Å². The Hall–Kier alpha value is -3.08. The minimum absolute atomic E-state index is 0.259. The Bertz CT molecular complexity index is 735. The fourth-order valence-electron chi connectivity index (χ4n) is 1.96. The van der Waals surface area contributed by atoms with Crippen LogP contribution in [0.5, 0.6) is 17.2 Å². The van der Waals surface area contributed by atoms with Crippen molar-refractivity contribution in [1.29, 1.82) is 0 Å². The SMILES string of the molecule is CCCOc1ccc(Oc2ccccc2)cc1C(=O)/C=C/C(=O)O. The molecular weight excluding hydrogens is 308 g/mol. The molecule has 0 aliphatic carbocycles. The fourth-order valence-corrected chi connectivity index (χ4v) is 1.96. The van der Waals surface area contributed by atoms with Gasteiger partial charge in [-0.1, -0.05) is 25.1 Å². The molecular formula is C19H18O5. The molecule has 0 fully saturated rings. The number of para-hydroxylation sites is 1. The maximum Gasteiger partial charge on any atom is 0.328 e. The second-order valence-electron chi connectivity index (χ2n) is 4.96. The van der Waals surface area contributed by atoms with E-state index in [1.54, 1.807) is 30.3 Å². The number of hydrogen-bond donors (Lipinski definition) is 1. The van der Waals surface area contributed by atoms with Gasteiger partial charge in [-0.25, -0.2) is 4.79 Å². The second-order valence-corrected chi connectivity index (χ2v) is 4.96. The van der Waals surface area contributed by atoms with Gasteiger partial charge in [0.2, 0.25) is 0 Å². The third kappa shape index (κ3) is 4.98. The minimum atomic E-state index is -1.18. The first-order valence-electron chi connectivity index (χ1n) is 7.55. The molecule has 0 saturated carbocycles. The van der Waals surface area contributed by atoms with Gasteiger partial charge in [0, 0.05) is 6.08 Å². The maximum absolute atomic E-state index is 12.3. The predicted molar refractivity (Wildman–Crippen MR) is 89.9 cm³/mol. The van der Waals surface area contributed by atoms with Crippen molar-refractivity contribution in [3.63, 3.8) is 0 Å². The van der Waals surface area contributed by atoms with Crippen LogP contribution < -0.4 is 9.47 Å². The fraction of sp³-hybridized carbons (Fsp3) is 0.158. The highest BCUT2D eigenvalue weighted by atomic mass is 16.5. The van der Waals surface area contributed by atoms with Crippen molar-refractivity contribution in [2.45, 2.75) is 13.3 Å². The number of rotatable bonds is 8. The van der Waals surface area contributed by atoms with Crippen LogP contribution in [-0.4, -0.2) is 23.5 Å². The Balaban J connectivity index is 2.30. The standard InChI is InChI=1S/C19H18O5/c1-2-12-23-18-10-8-15(24-14-6-4-3-5-7-14)13-16(18)17(20)9-11-19(21)22/h3-11,13H,2,12H2,1H3,(H,21,22)/b11-9+. The van der Waals surface area contributed by atoms with Gasteiger partial charge in [-0.05, 0) is 42.8 Å². The Kier molecular flexibility index (Phi) is 6.14. The normalized spacial score (nSPS) is 10.5. The molecule has 24 heavy (non-hydrogen) atoms. The molecule has 0 aliphatic rings. The first-order valence-corrected chi connectivity index (χ1v) is 7.55. The van der Waals surface area contributed by atoms with Crippen molar-refractivity contribution in [3.05, 3.63) is 66.2 Å². The van der Waals surface area contributed by atoms with Crippen molar-refractivity contribution >= 4 is 11.8 Å². The number of ketones is 1. The van der Waals surface area contributed by atoms with E-state index < -0.39 is 11.8 Å². The van der Waals surface area contributed by atoms with Gasteiger partial charge >= 0.3 is 5.97 Å². The van der Waals surface area contributed by atoms with E-state index in [4.69, 9.17) is 14.6 Å². The Labute approximate surface area is 140 Å². The first kappa shape index (κ1) is 17.3. The van der Waals surface area contributed by atoms with Crippen LogP contribution in [-0.2, 0) is 4.79 Å². The number of carbonyl (C=O) groups is 2. The summed E-state index contributed by atoms with van der Waals surface area (Å²) in [6.45, 7) is 2.42. The molecule has 1 N–H and O–H groups in total. The van der Waals surface area contributed by atoms with Gasteiger partial charge in [-0.2, -0.15) is 0 Å². The molecule has 0 radical (unpaired) electrons. The zero-order valence-electron chi connectivity index (χ0n) is 13.3. The molecule has 2 aromatic rings. The summed E-state index contributed by atoms with van der Waals surface area (Å²) in [5, 5.41) is 8.67. The van der Waals surface area contributed by atoms with E-state index in [1.165, 1.54) is 0 Å². The van der Waals surface area contributed by atoms with Crippen molar-refractivity contribution < 1.29 is 24.2 Å². The topological polar surface area (TPSA) is 72.8 Å². The largest absolute Gasteiger partial charge is 0.493 e. The number of benzene rings is 2. The molecule has 5 nitrogen and oxygen atoms in total. The summed E-state index contributed by atoms with van der Waals surface area (Å²) in [5.74, 6) is -0.133. The molecule has 5 heteroatoms. The monoisotopic (exact) mass is 326 g/mol. The molecule has 0 aromatic heterocycles. The first-order chi connectivity index (χ1) is 11.6. The lowest BCUT2D eigenvalue weighted by atomic mass is 10.1. The molecule has 0 unspecified atom stereocenters. The van der Waals surface area contributed by atoms with Crippen molar-refractivity contribution in [1.82, 2.24) is 0 Å². The number of ether oxygens (including phenoxy) is 2. The van der Waals surface area contributed by atoms with E-state index in [0.29, 0.717) is 23.9 Å². The van der Waals surface area contributed by atoms with Crippen molar-refractivity contribution in [3.8, 4) is 17.2 Å². The lowest BCUT2D eigenvalue weighted by Crippen LogP contribution is -2.04. The molecule has 0 bridgehead atoms. The van der Waals surface area contributed by atoms with Gasteiger partial charge < -0.3 is 14.6 Å². The minimum Gasteiger partial charge on any atom is -0.493 e. The number of allylic oxidation sites excluding steroid dienone is 1. The van der Waals surface area contributed by atoms with Gasteiger partial charge in [0.05, 0.1) is 12.2 Å². The van der Waals surface area contributed by atoms with E-state index in [9.17, 15) is 9.59 Å². The quantitative estimate of drug-likeness (QED) is 0.584. The average molecular weight is 326 g/mol. The molecule has 124 valence electrons. The predicted octanol–water partition coefficient (Wildman–Crippen LogP) is 4.09. The molecule has 2 aromatic carbocycles. The second kappa shape index (κ2) is 8.53. The Morgan fingerprint density at radius 1 is 1.04 bits per heavy atom. The summed E-state index contributed by atoms with van der Waals surface area (Å²) in [7, 11) is 0. The van der Waals surface area contributed by atoms with E-state index in [0.717, 1.165) is 18.6 Å². The van der Waals surface area contributed by atoms with Crippen LogP contribution in [0.4, 0.5) is 0 Å². The molecule has 0 spiro atoms. The Morgan fingerprint density at radius 3 is 2.46 bits per heavy atom. The molecule has 2 rings (SSSR count). The van der Waals surface area contributed by atoms with Gasteiger partial charge in [0.15, 0.2) is 5.78 Å². The van der Waals surface area contributed by atoms with Crippen LogP contribution >= 0.6 is 0 Å². The summed E-state index contributed by atoms with van der Waals surface area (Å²) in [6.07, 6.45) is 2.60. The van der Waals surface area contributed by atoms with Crippen LogP contribution in [0.2, 0.25) is 0 Å². The number of aliphatic carboxylic acids is 1. The van der Waals surface area contributed by atoms with Crippen LogP contribution in [0.3, 0.4) is 0 Å². The van der Waals surface area contributed by atoms with Crippen LogP contribution in [0.25, 0.3) is 0 Å². The highest BCUT2D eigenvalue weighted by Crippen LogP contribution is 2.28. The molecule has 0 atom stereocenters. The third-order valence-corrected chi connectivity index (χ3v) is 3.03. The molecule has 0 amide bonds. The lowest BCUT2D eigenvalue weighted by molar-refractivity contribution is -0.131. The zero-order chi connectivity index (χ0) is 17.4. The van der Waals surface area contributed by atoms with E-state index in [-0.39, 0.29) is 5.56 Å². The lowest BCUT2D eigenvalue weighted by Gasteiger charge is -2.12. The van der Waals surface area contributed by atoms with E-state index in [1.807, 2.05) is 25.1 Å². The van der Waals surface area contributed by atoms with Crippen LogP contribution in [0.1, 0.15) is 23.7 Å². The summed E-state index contributed by atoms with van der Waals surface area (Å²) < 4.78 is 11.3. The van der Waals surface area contributed by atoms with E-state index >= 15 is 0 Å². The van der Waals surface area contributed by atoms with Gasteiger partial charge in [-0.15, -0.1) is 0 Å². The summed E-state index contributed by atoms with van der Waals surface area (Å²) in [5.41, 5.74) is 0.259. The van der Waals surface area contributed by atoms with Crippen molar-refractivity contribution in [2.24, 2.45) is 0 Å². The molecule has 0 heterocycles. The summed E-state index contributed by atoms with van der Waals surface area (Å²) in [4.78, 5) is 22.9. The summed E-state index contributed by atoms with van der Waals surface area (Å²) >= 11 is 0. The highest BCUT2D eigenvalue weighted by molar-refractivity contribution is 6.08. The number of carbonyl (C=O) groups excluding carboxylic acids is 1. The summed E-state index contributed by atoms with van der Waals surface area (Å²) in [6, 6.07) is 14.1. The van der Waals surface area contributed by atoms with Crippen molar-refractivity contribution in [2.75, 3.05) is 6.61 Å².